The number of ether oxygens (including phenoxy) is 1. The largest absolute Gasteiger partial charge is 0.481 e. The van der Waals surface area contributed by atoms with Crippen molar-refractivity contribution in [2.75, 3.05) is 7.11 Å². The van der Waals surface area contributed by atoms with Crippen LogP contribution in [0.4, 0.5) is 0 Å². The molecule has 0 saturated heterocycles. The fraction of sp³-hybridized carbons (Fsp3) is 0.500. The summed E-state index contributed by atoms with van der Waals surface area (Å²) in [6, 6.07) is 3.75. The first-order valence-electron chi connectivity index (χ1n) is 5.23. The molecular weight excluding hydrogens is 202 g/mol. The van der Waals surface area contributed by atoms with E-state index >= 15 is 0 Å². The van der Waals surface area contributed by atoms with Crippen LogP contribution in [0, 0.1) is 5.41 Å². The van der Waals surface area contributed by atoms with Gasteiger partial charge in [0.2, 0.25) is 5.88 Å². The second-order valence-corrected chi connectivity index (χ2v) is 4.66. The summed E-state index contributed by atoms with van der Waals surface area (Å²) in [7, 11) is 1.59. The number of aromatic nitrogens is 1. The van der Waals surface area contributed by atoms with E-state index in [-0.39, 0.29) is 5.41 Å². The minimum Gasteiger partial charge on any atom is -0.481 e. The van der Waals surface area contributed by atoms with Crippen LogP contribution in [0.15, 0.2) is 23.3 Å². The van der Waals surface area contributed by atoms with E-state index in [9.17, 15) is 0 Å². The van der Waals surface area contributed by atoms with Crippen molar-refractivity contribution in [3.63, 3.8) is 0 Å². The molecule has 0 aliphatic carbocycles. The minimum absolute atomic E-state index is 0.0834. The van der Waals surface area contributed by atoms with Crippen LogP contribution in [0.3, 0.4) is 0 Å². The lowest BCUT2D eigenvalue weighted by Gasteiger charge is -2.17. The van der Waals surface area contributed by atoms with Crippen LogP contribution in [0.5, 0.6) is 5.88 Å². The van der Waals surface area contributed by atoms with E-state index in [1.807, 2.05) is 32.9 Å². The van der Waals surface area contributed by atoms with Gasteiger partial charge in [-0.3, -0.25) is 4.99 Å². The third-order valence-corrected chi connectivity index (χ3v) is 2.21. The van der Waals surface area contributed by atoms with Gasteiger partial charge < -0.3 is 10.5 Å². The van der Waals surface area contributed by atoms with Gasteiger partial charge in [0, 0.05) is 17.7 Å². The van der Waals surface area contributed by atoms with Crippen LogP contribution in [0.1, 0.15) is 26.3 Å². The summed E-state index contributed by atoms with van der Waals surface area (Å²) < 4.78 is 4.98. The first-order valence-corrected chi connectivity index (χ1v) is 5.23. The van der Waals surface area contributed by atoms with Crippen molar-refractivity contribution in [2.24, 2.45) is 16.1 Å². The van der Waals surface area contributed by atoms with Crippen molar-refractivity contribution < 1.29 is 4.74 Å². The van der Waals surface area contributed by atoms with E-state index in [1.165, 1.54) is 0 Å². The highest BCUT2D eigenvalue weighted by Crippen LogP contribution is 2.14. The predicted molar refractivity (Wildman–Crippen MR) is 65.6 cm³/mol. The van der Waals surface area contributed by atoms with Crippen LogP contribution in [-0.4, -0.2) is 17.9 Å². The molecule has 0 unspecified atom stereocenters. The Morgan fingerprint density at radius 3 is 2.56 bits per heavy atom. The van der Waals surface area contributed by atoms with Gasteiger partial charge in [-0.2, -0.15) is 0 Å². The smallest absolute Gasteiger partial charge is 0.212 e. The predicted octanol–water partition coefficient (Wildman–Crippen LogP) is 1.99. The topological polar surface area (TPSA) is 60.5 Å². The first kappa shape index (κ1) is 12.5. The lowest BCUT2D eigenvalue weighted by atomic mass is 9.95. The lowest BCUT2D eigenvalue weighted by Crippen LogP contribution is -2.28. The Labute approximate surface area is 96.6 Å². The van der Waals surface area contributed by atoms with E-state index in [2.05, 4.69) is 9.98 Å². The van der Waals surface area contributed by atoms with E-state index < -0.39 is 0 Å². The van der Waals surface area contributed by atoms with Crippen molar-refractivity contribution in [3.05, 3.63) is 23.9 Å². The number of methoxy groups -OCH3 is 1. The van der Waals surface area contributed by atoms with Crippen LogP contribution in [0.2, 0.25) is 0 Å². The molecule has 1 heterocycles. The Kier molecular flexibility index (Phi) is 3.88. The molecule has 0 amide bonds. The second kappa shape index (κ2) is 4.96. The number of hydrogen-bond acceptors (Lipinski definition) is 3. The third-order valence-electron chi connectivity index (χ3n) is 2.21. The Morgan fingerprint density at radius 1 is 1.44 bits per heavy atom. The van der Waals surface area contributed by atoms with Crippen LogP contribution in [-0.2, 0) is 6.54 Å². The maximum absolute atomic E-state index is 5.86. The van der Waals surface area contributed by atoms with E-state index in [4.69, 9.17) is 10.5 Å². The Bertz CT molecular complexity index is 363. The van der Waals surface area contributed by atoms with Crippen molar-refractivity contribution in [2.45, 2.75) is 27.3 Å². The SMILES string of the molecule is COc1ccc(CN=C(N)C(C)(C)C)cn1. The summed E-state index contributed by atoms with van der Waals surface area (Å²) in [6.07, 6.45) is 1.75. The molecule has 0 aromatic carbocycles. The number of rotatable bonds is 3. The number of hydrogen-bond donors (Lipinski definition) is 1. The maximum atomic E-state index is 5.86. The number of nitrogens with two attached hydrogens (primary N) is 1. The van der Waals surface area contributed by atoms with Gasteiger partial charge in [0.15, 0.2) is 0 Å². The quantitative estimate of drug-likeness (QED) is 0.627. The molecule has 2 N–H and O–H groups in total. The van der Waals surface area contributed by atoms with Crippen molar-refractivity contribution in [1.82, 2.24) is 4.98 Å². The fourth-order valence-corrected chi connectivity index (χ4v) is 1.04. The Balaban J connectivity index is 2.67. The zero-order valence-corrected chi connectivity index (χ0v) is 10.3. The van der Waals surface area contributed by atoms with Gasteiger partial charge in [-0.05, 0) is 5.56 Å². The number of nitrogens with zero attached hydrogens (tertiary/aromatic N) is 2. The van der Waals surface area contributed by atoms with Gasteiger partial charge in [0.1, 0.15) is 0 Å². The highest BCUT2D eigenvalue weighted by molar-refractivity contribution is 5.85. The maximum Gasteiger partial charge on any atom is 0.212 e. The van der Waals surface area contributed by atoms with Crippen LogP contribution >= 0.6 is 0 Å². The highest BCUT2D eigenvalue weighted by atomic mass is 16.5. The molecule has 1 aromatic heterocycles. The average Bonchev–Trinajstić information content (AvgIpc) is 2.25. The van der Waals surface area contributed by atoms with Crippen LogP contribution < -0.4 is 10.5 Å². The van der Waals surface area contributed by atoms with Gasteiger partial charge >= 0.3 is 0 Å². The van der Waals surface area contributed by atoms with Crippen molar-refractivity contribution >= 4 is 5.84 Å². The molecule has 0 radical (unpaired) electrons. The van der Waals surface area contributed by atoms with Crippen LogP contribution in [0.25, 0.3) is 0 Å². The monoisotopic (exact) mass is 221 g/mol. The van der Waals surface area contributed by atoms with Crippen molar-refractivity contribution in [1.29, 1.82) is 0 Å². The second-order valence-electron chi connectivity index (χ2n) is 4.66. The molecule has 0 aliphatic heterocycles. The average molecular weight is 221 g/mol. The molecule has 4 nitrogen and oxygen atoms in total. The molecule has 4 heteroatoms. The van der Waals surface area contributed by atoms with Gasteiger partial charge in [-0.25, -0.2) is 4.98 Å². The molecular formula is C12H19N3O. The first-order chi connectivity index (χ1) is 7.43. The van der Waals surface area contributed by atoms with Gasteiger partial charge in [0.25, 0.3) is 0 Å². The summed E-state index contributed by atoms with van der Waals surface area (Å²) in [5.74, 6) is 1.26. The molecule has 0 fully saturated rings. The third kappa shape index (κ3) is 3.53. The Hall–Kier alpha value is -1.58. The van der Waals surface area contributed by atoms with Crippen molar-refractivity contribution in [3.8, 4) is 5.88 Å². The molecule has 0 atom stereocenters. The summed E-state index contributed by atoms with van der Waals surface area (Å²) in [4.78, 5) is 8.44. The van der Waals surface area contributed by atoms with Gasteiger partial charge in [0.05, 0.1) is 19.5 Å². The summed E-state index contributed by atoms with van der Waals surface area (Å²) in [5, 5.41) is 0. The molecule has 88 valence electrons. The number of amidine groups is 1. The standard InChI is InChI=1S/C12H19N3O/c1-12(2,3)11(13)15-8-9-5-6-10(16-4)14-7-9/h5-7H,8H2,1-4H3,(H2,13,15). The zero-order valence-electron chi connectivity index (χ0n) is 10.3. The molecule has 1 rings (SSSR count). The highest BCUT2D eigenvalue weighted by Gasteiger charge is 2.14. The van der Waals surface area contributed by atoms with Gasteiger partial charge in [-0.1, -0.05) is 26.8 Å². The number of aliphatic imine (C=N–C) groups is 1. The summed E-state index contributed by atoms with van der Waals surface area (Å²) in [6.45, 7) is 6.68. The normalized spacial score (nSPS) is 12.6. The van der Waals surface area contributed by atoms with Gasteiger partial charge in [-0.15, -0.1) is 0 Å². The number of pyridine rings is 1. The molecule has 0 bridgehead atoms. The zero-order chi connectivity index (χ0) is 12.2. The Morgan fingerprint density at radius 2 is 2.12 bits per heavy atom. The van der Waals surface area contributed by atoms with E-state index in [0.717, 1.165) is 5.56 Å². The lowest BCUT2D eigenvalue weighted by molar-refractivity contribution is 0.397. The fourth-order valence-electron chi connectivity index (χ4n) is 1.04. The molecule has 0 saturated carbocycles. The van der Waals surface area contributed by atoms with E-state index in [1.54, 1.807) is 13.3 Å². The minimum atomic E-state index is -0.0834. The molecule has 0 aliphatic rings. The summed E-state index contributed by atoms with van der Waals surface area (Å²) in [5.41, 5.74) is 6.80. The summed E-state index contributed by atoms with van der Waals surface area (Å²) >= 11 is 0. The van der Waals surface area contributed by atoms with E-state index in [0.29, 0.717) is 18.3 Å². The molecule has 16 heavy (non-hydrogen) atoms. The molecule has 0 spiro atoms. The molecule has 1 aromatic rings.